The fourth-order valence-electron chi connectivity index (χ4n) is 16.0. The number of fused-ring (bicyclic) bond motifs is 4. The zero-order valence-corrected chi connectivity index (χ0v) is 59.8. The minimum Gasteiger partial charge on any atom is -0.426 e. The van der Waals surface area contributed by atoms with Gasteiger partial charge in [-0.1, -0.05) is 137 Å². The fourth-order valence-corrected chi connectivity index (χ4v) is 26.0. The van der Waals surface area contributed by atoms with Gasteiger partial charge in [-0.3, -0.25) is 19.2 Å². The van der Waals surface area contributed by atoms with Crippen LogP contribution in [0.25, 0.3) is 43.1 Å². The molecule has 4 saturated carbocycles. The van der Waals surface area contributed by atoms with E-state index in [1.165, 1.54) is 164 Å². The molecule has 12 heteroatoms. The lowest BCUT2D eigenvalue weighted by Gasteiger charge is -2.20. The molecule has 4 saturated heterocycles. The van der Waals surface area contributed by atoms with Gasteiger partial charge in [-0.15, -0.1) is 0 Å². The standard InChI is InChI=1S/C22H27O2S.2C21H25O2S.C20H23O2S/c23-22(17-9-3-1-4-10-17)24-20-13-14-21(25-15-7-2-8-16-25)19-12-6-5-11-18(19)20;22-21(16-8-2-3-9-16)23-19-12-13-20(24-14-6-1-7-15-24)18-11-5-4-10-17(18)19;22-21(16-8-2-1-3-9-16)23-19-12-13-20(24-14-6-7-15-24)18-11-5-4-10-17(18)19;21-20(15-7-1-2-8-15)22-18-11-12-19(23-13-5-6-14-23)17-10-4-3-9-16(17)18/h5-6,11-14,17H,1-4,7-10,15-16H2;2*4-5,10-13,16H,1-3,6-9,14-15H2;3-4,9-12,15H,1-2,5-8,13-14H2/q4*+1. The zero-order chi connectivity index (χ0) is 65.4. The molecule has 0 bridgehead atoms. The van der Waals surface area contributed by atoms with Crippen molar-refractivity contribution < 1.29 is 38.1 Å². The average Bonchev–Trinajstić information content (AvgIpc) is 1.46. The highest BCUT2D eigenvalue weighted by Gasteiger charge is 2.35. The van der Waals surface area contributed by atoms with Gasteiger partial charge in [0.25, 0.3) is 0 Å². The predicted molar refractivity (Wildman–Crippen MR) is 403 cm³/mol. The number of rotatable bonds is 12. The summed E-state index contributed by atoms with van der Waals surface area (Å²) >= 11 is 0. The molecule has 0 unspecified atom stereocenters. The Bertz CT molecular complexity index is 3930. The van der Waals surface area contributed by atoms with Crippen LogP contribution in [0.3, 0.4) is 0 Å². The lowest BCUT2D eigenvalue weighted by atomic mass is 9.89. The van der Waals surface area contributed by atoms with E-state index in [1.807, 2.05) is 48.5 Å². The normalized spacial score (nSPS) is 19.7. The summed E-state index contributed by atoms with van der Waals surface area (Å²) < 4.78 is 23.3. The monoisotopic (exact) mass is 1360 g/mol. The molecule has 0 amide bonds. The molecule has 0 radical (unpaired) electrons. The van der Waals surface area contributed by atoms with Crippen LogP contribution in [-0.4, -0.2) is 69.9 Å². The largest absolute Gasteiger partial charge is 0.426 e. The topological polar surface area (TPSA) is 105 Å². The lowest BCUT2D eigenvalue weighted by Crippen LogP contribution is -2.23. The van der Waals surface area contributed by atoms with E-state index >= 15 is 0 Å². The van der Waals surface area contributed by atoms with Crippen molar-refractivity contribution in [2.75, 3.05) is 46.0 Å². The Morgan fingerprint density at radius 1 is 0.219 bits per heavy atom. The molecule has 0 atom stereocenters. The number of hydrogen-bond acceptors (Lipinski definition) is 8. The SMILES string of the molecule is O=C(Oc1ccc([S+]2CCCC2)c2ccccc12)C1CCCC1.O=C(Oc1ccc([S+]2CCCC2)c2ccccc12)C1CCCCC1.O=C(Oc1ccc([S+]2CCCCC2)c2ccccc12)C1CCCC1.O=C(Oc1ccc([S+]2CCCCC2)c2ccccc12)C1CCCCC1. The summed E-state index contributed by atoms with van der Waals surface area (Å²) in [4.78, 5) is 55.8. The third-order valence-corrected chi connectivity index (χ3v) is 31.5. The Morgan fingerprint density at radius 3 is 0.615 bits per heavy atom. The predicted octanol–water partition coefficient (Wildman–Crippen LogP) is 20.4. The molecule has 0 N–H and O–H groups in total. The van der Waals surface area contributed by atoms with E-state index in [0.29, 0.717) is 43.6 Å². The van der Waals surface area contributed by atoms with Gasteiger partial charge in [-0.25, -0.2) is 0 Å². The Morgan fingerprint density at radius 2 is 0.396 bits per heavy atom. The van der Waals surface area contributed by atoms with Crippen molar-refractivity contribution in [1.82, 2.24) is 0 Å². The number of carbonyl (C=O) groups is 4. The van der Waals surface area contributed by atoms with Crippen molar-refractivity contribution in [3.8, 4) is 23.0 Å². The number of hydrogen-bond donors (Lipinski definition) is 0. The van der Waals surface area contributed by atoms with Gasteiger partial charge < -0.3 is 18.9 Å². The highest BCUT2D eigenvalue weighted by molar-refractivity contribution is 7.98. The van der Waals surface area contributed by atoms with Crippen LogP contribution in [0, 0.1) is 23.7 Å². The summed E-state index contributed by atoms with van der Waals surface area (Å²) in [5.41, 5.74) is 0. The molecule has 8 nitrogen and oxygen atoms in total. The molecular formula is C84H100O8S4+4. The van der Waals surface area contributed by atoms with E-state index in [2.05, 4.69) is 97.1 Å². The van der Waals surface area contributed by atoms with E-state index in [1.54, 1.807) is 0 Å². The summed E-state index contributed by atoms with van der Waals surface area (Å²) in [5.74, 6) is 13.7. The average molecular weight is 1370 g/mol. The van der Waals surface area contributed by atoms with Crippen LogP contribution in [0.2, 0.25) is 0 Å². The molecule has 504 valence electrons. The van der Waals surface area contributed by atoms with Gasteiger partial charge >= 0.3 is 23.9 Å². The molecule has 8 fully saturated rings. The van der Waals surface area contributed by atoms with Crippen LogP contribution in [0.5, 0.6) is 23.0 Å². The maximum Gasteiger partial charge on any atom is 0.314 e. The van der Waals surface area contributed by atoms with Gasteiger partial charge in [0.2, 0.25) is 0 Å². The van der Waals surface area contributed by atoms with Gasteiger partial charge in [-0.05, 0) is 188 Å². The van der Waals surface area contributed by atoms with Crippen molar-refractivity contribution in [3.63, 3.8) is 0 Å². The fraction of sp³-hybridized carbons (Fsp3) is 0.476. The first-order valence-corrected chi connectivity index (χ1v) is 43.2. The lowest BCUT2D eigenvalue weighted by molar-refractivity contribution is -0.140. The third-order valence-electron chi connectivity index (χ3n) is 21.3. The van der Waals surface area contributed by atoms with E-state index in [9.17, 15) is 19.2 Å². The number of esters is 4. The number of carbonyl (C=O) groups excluding carboxylic acids is 4. The summed E-state index contributed by atoms with van der Waals surface area (Å²) in [6.07, 6.45) is 33.1. The van der Waals surface area contributed by atoms with Crippen LogP contribution < -0.4 is 18.9 Å². The van der Waals surface area contributed by atoms with Crippen molar-refractivity contribution in [2.24, 2.45) is 23.7 Å². The second-order valence-electron chi connectivity index (χ2n) is 27.9. The van der Waals surface area contributed by atoms with Crippen molar-refractivity contribution in [1.29, 1.82) is 0 Å². The first kappa shape index (κ1) is 68.6. The van der Waals surface area contributed by atoms with Gasteiger partial charge in [-0.2, -0.15) is 0 Å². The highest BCUT2D eigenvalue weighted by atomic mass is 32.2. The van der Waals surface area contributed by atoms with E-state index in [-0.39, 0.29) is 47.5 Å². The first-order chi connectivity index (χ1) is 47.3. The summed E-state index contributed by atoms with van der Waals surface area (Å²) in [6.45, 7) is 0. The van der Waals surface area contributed by atoms with Gasteiger partial charge in [0, 0.05) is 86.7 Å². The second kappa shape index (κ2) is 34.2. The number of benzene rings is 8. The molecule has 4 heterocycles. The minimum atomic E-state index is -0.0382. The molecule has 16 rings (SSSR count). The zero-order valence-electron chi connectivity index (χ0n) is 56.5. The van der Waals surface area contributed by atoms with Gasteiger partial charge in [0.05, 0.1) is 23.7 Å². The van der Waals surface area contributed by atoms with Crippen molar-refractivity contribution in [2.45, 2.75) is 199 Å². The Kier molecular flexibility index (Phi) is 24.5. The Balaban J connectivity index is 0.000000116. The summed E-state index contributed by atoms with van der Waals surface area (Å²) in [7, 11) is 1.45. The minimum absolute atomic E-state index is 0.0299. The van der Waals surface area contributed by atoms with Crippen LogP contribution in [0.4, 0.5) is 0 Å². The quantitative estimate of drug-likeness (QED) is 0.0677. The molecule has 0 aromatic heterocycles. The van der Waals surface area contributed by atoms with Crippen LogP contribution in [0.1, 0.15) is 180 Å². The van der Waals surface area contributed by atoms with Crippen molar-refractivity contribution in [3.05, 3.63) is 146 Å². The molecule has 8 aliphatic rings. The van der Waals surface area contributed by atoms with Gasteiger partial charge in [0.15, 0.2) is 19.6 Å². The molecule has 8 aromatic rings. The molecule has 4 aliphatic carbocycles. The van der Waals surface area contributed by atoms with Crippen LogP contribution in [-0.2, 0) is 62.8 Å². The number of ether oxygens (including phenoxy) is 4. The van der Waals surface area contributed by atoms with E-state index in [4.69, 9.17) is 18.9 Å². The molecule has 96 heavy (non-hydrogen) atoms. The Hall–Kier alpha value is -5.92. The maximum atomic E-state index is 12.6. The molecule has 4 aliphatic heterocycles. The Labute approximate surface area is 582 Å². The van der Waals surface area contributed by atoms with Crippen molar-refractivity contribution >= 4 is 111 Å². The third kappa shape index (κ3) is 17.0. The first-order valence-electron chi connectivity index (χ1n) is 36.9. The molecular weight excluding hydrogens is 1270 g/mol. The highest BCUT2D eigenvalue weighted by Crippen LogP contribution is 2.41. The molecule has 8 aromatic carbocycles. The summed E-state index contributed by atoms with van der Waals surface area (Å²) in [5, 5.41) is 9.49. The van der Waals surface area contributed by atoms with Crippen LogP contribution >= 0.6 is 0 Å². The summed E-state index contributed by atoms with van der Waals surface area (Å²) in [6, 6.07) is 50.7. The van der Waals surface area contributed by atoms with Crippen LogP contribution in [0.15, 0.2) is 165 Å². The smallest absolute Gasteiger partial charge is 0.314 e. The van der Waals surface area contributed by atoms with E-state index in [0.717, 1.165) is 147 Å². The van der Waals surface area contributed by atoms with E-state index < -0.39 is 0 Å². The maximum absolute atomic E-state index is 12.6. The molecule has 0 spiro atoms. The second-order valence-corrected chi connectivity index (χ2v) is 36.9. The van der Waals surface area contributed by atoms with Gasteiger partial charge in [0.1, 0.15) is 69.0 Å².